The van der Waals surface area contributed by atoms with E-state index in [2.05, 4.69) is 126 Å². The lowest BCUT2D eigenvalue weighted by Crippen LogP contribution is -2.15. The summed E-state index contributed by atoms with van der Waals surface area (Å²) in [5.74, 6) is 0. The second kappa shape index (κ2) is 16.7. The first-order chi connectivity index (χ1) is 20.3. The number of aromatic nitrogens is 1. The van der Waals surface area contributed by atoms with Crippen LogP contribution >= 0.6 is 0 Å². The summed E-state index contributed by atoms with van der Waals surface area (Å²) < 4.78 is 0. The van der Waals surface area contributed by atoms with E-state index in [1.807, 2.05) is 61.9 Å². The molecule has 224 valence electrons. The largest absolute Gasteiger partial charge is 0.348 e. The Balaban J connectivity index is 1.93. The van der Waals surface area contributed by atoms with Gasteiger partial charge in [-0.25, -0.2) is 0 Å². The van der Waals surface area contributed by atoms with Gasteiger partial charge < -0.3 is 9.80 Å². The number of allylic oxidation sites excluding steroid dienone is 15. The first-order valence-electron chi connectivity index (χ1n) is 14.6. The van der Waals surface area contributed by atoms with Crippen molar-refractivity contribution in [3.8, 4) is 0 Å². The van der Waals surface area contributed by atoms with Crippen LogP contribution in [0.3, 0.4) is 0 Å². The smallest absolute Gasteiger partial charge is 0.0466 e. The van der Waals surface area contributed by atoms with Crippen molar-refractivity contribution < 1.29 is 0 Å². The van der Waals surface area contributed by atoms with E-state index in [9.17, 15) is 0 Å². The van der Waals surface area contributed by atoms with Gasteiger partial charge in [-0.05, 0) is 106 Å². The normalized spacial score (nSPS) is 13.0. The van der Waals surface area contributed by atoms with Crippen LogP contribution < -0.4 is 9.80 Å². The van der Waals surface area contributed by atoms with E-state index in [1.54, 1.807) is 0 Å². The summed E-state index contributed by atoms with van der Waals surface area (Å²) in [6, 6.07) is 10.3. The predicted octanol–water partition coefficient (Wildman–Crippen LogP) is 10.7. The van der Waals surface area contributed by atoms with E-state index < -0.39 is 0 Å². The number of nitrogens with zero attached hydrogens (tertiary/aromatic N) is 3. The van der Waals surface area contributed by atoms with Crippen LogP contribution in [0, 0.1) is 13.8 Å². The minimum atomic E-state index is 0.783. The number of hydrogen-bond acceptors (Lipinski definition) is 3. The molecule has 0 N–H and O–H groups in total. The van der Waals surface area contributed by atoms with Crippen molar-refractivity contribution in [3.63, 3.8) is 0 Å². The van der Waals surface area contributed by atoms with Gasteiger partial charge in [-0.1, -0.05) is 92.1 Å². The maximum absolute atomic E-state index is 4.24. The Labute approximate surface area is 261 Å². The topological polar surface area (TPSA) is 19.4 Å². The van der Waals surface area contributed by atoms with Crippen molar-refractivity contribution in [1.29, 1.82) is 0 Å². The number of rotatable bonds is 14. The predicted molar refractivity (Wildman–Crippen MR) is 191 cm³/mol. The Morgan fingerprint density at radius 3 is 1.91 bits per heavy atom. The number of likely N-dealkylation sites (N-methyl/N-ethyl adjacent to an activating group) is 1. The number of hydrogen-bond donors (Lipinski definition) is 0. The molecule has 3 nitrogen and oxygen atoms in total. The number of aryl methyl sites for hydroxylation is 2. The van der Waals surface area contributed by atoms with Gasteiger partial charge in [0.15, 0.2) is 0 Å². The van der Waals surface area contributed by atoms with E-state index in [4.69, 9.17) is 0 Å². The van der Waals surface area contributed by atoms with Gasteiger partial charge in [0.1, 0.15) is 0 Å². The summed E-state index contributed by atoms with van der Waals surface area (Å²) in [7, 11) is 4.10. The lowest BCUT2D eigenvalue weighted by atomic mass is 10.0. The van der Waals surface area contributed by atoms with Gasteiger partial charge in [0.25, 0.3) is 0 Å². The Bertz CT molecular complexity index is 1530. The van der Waals surface area contributed by atoms with Crippen LogP contribution in [0.25, 0.3) is 0 Å². The molecule has 0 aliphatic rings. The minimum absolute atomic E-state index is 0.783. The number of benzene rings is 1. The van der Waals surface area contributed by atoms with Gasteiger partial charge in [-0.2, -0.15) is 0 Å². The third-order valence-corrected chi connectivity index (χ3v) is 7.52. The molecule has 2 aromatic rings. The zero-order valence-corrected chi connectivity index (χ0v) is 27.5. The summed E-state index contributed by atoms with van der Waals surface area (Å²) >= 11 is 0. The summed E-state index contributed by atoms with van der Waals surface area (Å²) in [4.78, 5) is 8.45. The molecule has 0 radical (unpaired) electrons. The highest BCUT2D eigenvalue weighted by Crippen LogP contribution is 2.23. The van der Waals surface area contributed by atoms with Crippen molar-refractivity contribution >= 4 is 11.4 Å². The first-order valence-corrected chi connectivity index (χ1v) is 14.6. The highest BCUT2D eigenvalue weighted by atomic mass is 15.1. The molecule has 0 amide bonds. The fourth-order valence-electron chi connectivity index (χ4n) is 4.23. The maximum Gasteiger partial charge on any atom is 0.0466 e. The molecular weight excluding hydrogens is 522 g/mol. The van der Waals surface area contributed by atoms with Crippen LogP contribution in [0.15, 0.2) is 162 Å². The molecule has 0 atom stereocenters. The highest BCUT2D eigenvalue weighted by Gasteiger charge is 2.06. The number of anilines is 2. The third-order valence-electron chi connectivity index (χ3n) is 7.52. The molecule has 3 heteroatoms. The molecule has 0 saturated heterocycles. The van der Waals surface area contributed by atoms with Crippen molar-refractivity contribution in [3.05, 3.63) is 174 Å². The second-order valence-corrected chi connectivity index (χ2v) is 11.1. The average molecular weight is 572 g/mol. The van der Waals surface area contributed by atoms with Gasteiger partial charge in [-0.3, -0.25) is 4.98 Å². The Hall–Kier alpha value is -4.63. The van der Waals surface area contributed by atoms with E-state index >= 15 is 0 Å². The lowest BCUT2D eigenvalue weighted by molar-refractivity contribution is 1.07. The summed E-state index contributed by atoms with van der Waals surface area (Å²) in [6.45, 7) is 29.5. The van der Waals surface area contributed by atoms with Gasteiger partial charge in [0.05, 0.1) is 0 Å². The van der Waals surface area contributed by atoms with E-state index in [-0.39, 0.29) is 0 Å². The second-order valence-electron chi connectivity index (χ2n) is 11.1. The Morgan fingerprint density at radius 2 is 1.28 bits per heavy atom. The first kappa shape index (κ1) is 34.6. The Kier molecular flexibility index (Phi) is 13.4. The van der Waals surface area contributed by atoms with E-state index in [0.717, 1.165) is 51.5 Å². The third kappa shape index (κ3) is 10.9. The van der Waals surface area contributed by atoms with Crippen LogP contribution in [0.5, 0.6) is 0 Å². The fourth-order valence-corrected chi connectivity index (χ4v) is 4.23. The minimum Gasteiger partial charge on any atom is -0.348 e. The zero-order chi connectivity index (χ0) is 32.1. The zero-order valence-electron chi connectivity index (χ0n) is 27.5. The molecule has 0 unspecified atom stereocenters. The van der Waals surface area contributed by atoms with Crippen molar-refractivity contribution in [1.82, 2.24) is 4.98 Å². The van der Waals surface area contributed by atoms with Gasteiger partial charge in [-0.15, -0.1) is 0 Å². The van der Waals surface area contributed by atoms with E-state index in [1.165, 1.54) is 22.3 Å². The fraction of sp³-hybridized carbons (Fsp3) is 0.225. The number of pyridine rings is 1. The highest BCUT2D eigenvalue weighted by molar-refractivity contribution is 5.59. The molecule has 0 aliphatic carbocycles. The molecule has 0 spiro atoms. The van der Waals surface area contributed by atoms with Crippen molar-refractivity contribution in [2.75, 3.05) is 23.9 Å². The monoisotopic (exact) mass is 571 g/mol. The average Bonchev–Trinajstić information content (AvgIpc) is 2.99. The van der Waals surface area contributed by atoms with Gasteiger partial charge in [0.2, 0.25) is 0 Å². The molecular formula is C40H49N3. The van der Waals surface area contributed by atoms with E-state index in [0.29, 0.717) is 0 Å². The van der Waals surface area contributed by atoms with Gasteiger partial charge >= 0.3 is 0 Å². The molecule has 43 heavy (non-hydrogen) atoms. The molecule has 0 fully saturated rings. The molecule has 0 aliphatic heterocycles. The van der Waals surface area contributed by atoms with Crippen LogP contribution in [0.1, 0.15) is 45.2 Å². The quantitative estimate of drug-likeness (QED) is 0.210. The molecule has 0 saturated carbocycles. The standard InChI is InChI=1S/C40H49N3/c1-29(17-19-31(3)33(5)21-23-37(9)42(11)39-16-14-13-15-35(39)7)27-30(2)18-20-32(4)34(6)22-24-38(10)43(12)40-25-26-41-28-36(40)8/h13-26,28H,1,3,5,9,27H2,2,4,6-8,10-12H3/b19-17-,23-21-,30-18+,32-20+,34-22+,38-24+. The summed E-state index contributed by atoms with van der Waals surface area (Å²) in [5, 5.41) is 0. The van der Waals surface area contributed by atoms with Crippen molar-refractivity contribution in [2.24, 2.45) is 0 Å². The molecule has 1 heterocycles. The maximum atomic E-state index is 4.24. The van der Waals surface area contributed by atoms with Crippen LogP contribution in [0.2, 0.25) is 0 Å². The van der Waals surface area contributed by atoms with Crippen LogP contribution in [0.4, 0.5) is 11.4 Å². The molecule has 1 aromatic carbocycles. The number of para-hydroxylation sites is 1. The Morgan fingerprint density at radius 1 is 0.698 bits per heavy atom. The van der Waals surface area contributed by atoms with Crippen LogP contribution in [-0.2, 0) is 0 Å². The molecule has 0 bridgehead atoms. The SMILES string of the molecule is C=C(/C=C\C(=C)C(=C)/C=C\C(=C)N(C)c1ccccc1C)C/C(C)=C/C=C(C)/C(C)=C/C=C(\C)N(C)c1ccncc1C. The molecule has 2 rings (SSSR count). The lowest BCUT2D eigenvalue weighted by Gasteiger charge is -2.21. The van der Waals surface area contributed by atoms with Gasteiger partial charge in [0, 0.05) is 49.3 Å². The summed E-state index contributed by atoms with van der Waals surface area (Å²) in [5.41, 5.74) is 13.1. The van der Waals surface area contributed by atoms with Crippen LogP contribution in [-0.4, -0.2) is 19.1 Å². The summed E-state index contributed by atoms with van der Waals surface area (Å²) in [6.07, 6.45) is 21.1. The van der Waals surface area contributed by atoms with Crippen molar-refractivity contribution in [2.45, 2.75) is 48.0 Å². The molecule has 1 aromatic heterocycles.